The van der Waals surface area contributed by atoms with E-state index in [0.717, 1.165) is 108 Å². The van der Waals surface area contributed by atoms with E-state index in [9.17, 15) is 43.2 Å². The third kappa shape index (κ3) is 81.9. The van der Waals surface area contributed by atoms with Crippen LogP contribution in [0.4, 0.5) is 0 Å². The molecule has 0 aromatic heterocycles. The number of ether oxygens (including phenoxy) is 4. The minimum Gasteiger partial charge on any atom is -0.462 e. The first-order valence-electron chi connectivity index (χ1n) is 45.3. The molecule has 0 fully saturated rings. The molecule has 636 valence electrons. The highest BCUT2D eigenvalue weighted by atomic mass is 31.2. The number of phosphoric acid groups is 2. The number of hydrogen-bond donors (Lipinski definition) is 3. The van der Waals surface area contributed by atoms with E-state index in [1.165, 1.54) is 276 Å². The zero-order chi connectivity index (χ0) is 78.6. The highest BCUT2D eigenvalue weighted by molar-refractivity contribution is 7.47. The van der Waals surface area contributed by atoms with E-state index in [4.69, 9.17) is 37.0 Å². The van der Waals surface area contributed by atoms with Crippen molar-refractivity contribution in [2.75, 3.05) is 39.6 Å². The SMILES string of the molecule is CCCCCCCCCCCCCCCCC(=O)O[C@H](COC(=O)CCCCCCCCCCC(C)C)COP(=O)(O)OC[C@H](O)COP(=O)(O)OC[C@@H](COC(=O)CCCCCCCCCCCCCCCCCCCCC(C)C)OC(=O)CCCCCCCCCCCCCCCCCCCCC(C)C. The van der Waals surface area contributed by atoms with E-state index >= 15 is 0 Å². The zero-order valence-corrected chi connectivity index (χ0v) is 72.4. The molecule has 0 saturated heterocycles. The Balaban J connectivity index is 5.22. The van der Waals surface area contributed by atoms with Crippen LogP contribution in [0.5, 0.6) is 0 Å². The molecule has 0 aliphatic carbocycles. The molecule has 3 N–H and O–H groups in total. The lowest BCUT2D eigenvalue weighted by Crippen LogP contribution is -2.30. The van der Waals surface area contributed by atoms with E-state index in [1.54, 1.807) is 0 Å². The molecule has 107 heavy (non-hydrogen) atoms. The molecule has 0 aliphatic rings. The smallest absolute Gasteiger partial charge is 0.462 e. The number of carbonyl (C=O) groups excluding carboxylic acids is 4. The highest BCUT2D eigenvalue weighted by Crippen LogP contribution is 2.45. The summed E-state index contributed by atoms with van der Waals surface area (Å²) in [5, 5.41) is 10.7. The van der Waals surface area contributed by atoms with Gasteiger partial charge in [-0.25, -0.2) is 9.13 Å². The van der Waals surface area contributed by atoms with E-state index in [0.29, 0.717) is 25.7 Å². The molecule has 2 unspecified atom stereocenters. The maximum atomic E-state index is 13.2. The van der Waals surface area contributed by atoms with Gasteiger partial charge in [0.1, 0.15) is 19.3 Å². The largest absolute Gasteiger partial charge is 0.472 e. The summed E-state index contributed by atoms with van der Waals surface area (Å²) in [7, 11) is -9.93. The van der Waals surface area contributed by atoms with Crippen LogP contribution in [0.2, 0.25) is 0 Å². The fourth-order valence-electron chi connectivity index (χ4n) is 13.7. The van der Waals surface area contributed by atoms with Crippen LogP contribution in [0.25, 0.3) is 0 Å². The maximum Gasteiger partial charge on any atom is 0.472 e. The molecule has 0 bridgehead atoms. The van der Waals surface area contributed by atoms with Gasteiger partial charge in [-0.15, -0.1) is 0 Å². The van der Waals surface area contributed by atoms with E-state index < -0.39 is 97.5 Å². The Hall–Kier alpha value is -1.94. The van der Waals surface area contributed by atoms with E-state index in [-0.39, 0.29) is 25.7 Å². The molecule has 0 amide bonds. The normalized spacial score (nSPS) is 13.8. The molecule has 0 aromatic carbocycles. The maximum absolute atomic E-state index is 13.2. The number of carbonyl (C=O) groups is 4. The van der Waals surface area contributed by atoms with Crippen molar-refractivity contribution >= 4 is 39.5 Å². The second kappa shape index (κ2) is 78.0. The average molecular weight is 1560 g/mol. The molecule has 17 nitrogen and oxygen atoms in total. The predicted octanol–water partition coefficient (Wildman–Crippen LogP) is 26.9. The van der Waals surface area contributed by atoms with Crippen molar-refractivity contribution in [1.29, 1.82) is 0 Å². The molecule has 0 heterocycles. The molecule has 19 heteroatoms. The van der Waals surface area contributed by atoms with Crippen molar-refractivity contribution in [2.45, 2.75) is 484 Å². The summed E-state index contributed by atoms with van der Waals surface area (Å²) in [4.78, 5) is 73.3. The second-order valence-corrected chi connectivity index (χ2v) is 36.0. The van der Waals surface area contributed by atoms with Crippen molar-refractivity contribution < 1.29 is 80.2 Å². The average Bonchev–Trinajstić information content (AvgIpc) is 0.903. The van der Waals surface area contributed by atoms with Gasteiger partial charge in [0, 0.05) is 25.7 Å². The summed E-state index contributed by atoms with van der Waals surface area (Å²) in [5.41, 5.74) is 0. The fourth-order valence-corrected chi connectivity index (χ4v) is 15.3. The van der Waals surface area contributed by atoms with Crippen molar-refractivity contribution in [3.8, 4) is 0 Å². The van der Waals surface area contributed by atoms with Crippen LogP contribution >= 0.6 is 15.6 Å². The van der Waals surface area contributed by atoms with Gasteiger partial charge in [0.25, 0.3) is 0 Å². The number of rotatable bonds is 86. The number of unbranched alkanes of at least 4 members (excludes halogenated alkanes) is 54. The highest BCUT2D eigenvalue weighted by Gasteiger charge is 2.31. The van der Waals surface area contributed by atoms with Crippen LogP contribution in [0.1, 0.15) is 466 Å². The Morgan fingerprint density at radius 3 is 0.636 bits per heavy atom. The molecule has 0 aromatic rings. The topological polar surface area (TPSA) is 237 Å². The number of hydrogen-bond acceptors (Lipinski definition) is 15. The van der Waals surface area contributed by atoms with Crippen LogP contribution < -0.4 is 0 Å². The van der Waals surface area contributed by atoms with Crippen LogP contribution in [0.3, 0.4) is 0 Å². The van der Waals surface area contributed by atoms with E-state index in [1.807, 2.05) is 0 Å². The van der Waals surface area contributed by atoms with Crippen LogP contribution in [0, 0.1) is 17.8 Å². The van der Waals surface area contributed by atoms with Crippen molar-refractivity contribution in [1.82, 2.24) is 0 Å². The minimum atomic E-state index is -4.97. The Morgan fingerprint density at radius 2 is 0.430 bits per heavy atom. The standard InChI is InChI=1S/C88H172O17P2/c1-8-9-10-11-12-13-14-15-30-36-41-50-57-64-71-87(92)105-84(76-99-86(91)70-63-56-49-44-43-47-54-61-68-81(6)7)78-103-107(96,97)101-74-82(89)73-100-106(94,95)102-77-83(104-88(93)72-65-58-51-42-37-32-27-23-19-17-21-25-29-34-39-46-53-60-67-80(4)5)75-98-85(90)69-62-55-48-40-35-31-26-22-18-16-20-24-28-33-38-45-52-59-66-79(2)3/h79-84,89H,8-78H2,1-7H3,(H,94,95)(H,96,97)/t82-,83-,84-/m1/s1. The Morgan fingerprint density at radius 1 is 0.252 bits per heavy atom. The van der Waals surface area contributed by atoms with Crippen molar-refractivity contribution in [3.63, 3.8) is 0 Å². The van der Waals surface area contributed by atoms with Gasteiger partial charge >= 0.3 is 39.5 Å². The lowest BCUT2D eigenvalue weighted by atomic mass is 10.0. The molecule has 0 saturated carbocycles. The van der Waals surface area contributed by atoms with Gasteiger partial charge in [-0.1, -0.05) is 414 Å². The van der Waals surface area contributed by atoms with Crippen LogP contribution in [-0.4, -0.2) is 96.7 Å². The molecule has 5 atom stereocenters. The number of aliphatic hydroxyl groups is 1. The van der Waals surface area contributed by atoms with Gasteiger partial charge in [0.05, 0.1) is 26.4 Å². The molecule has 0 aliphatic heterocycles. The number of esters is 4. The summed E-state index contributed by atoms with van der Waals surface area (Å²) in [6.07, 6.45) is 69.5. The summed E-state index contributed by atoms with van der Waals surface area (Å²) >= 11 is 0. The molecular formula is C88H172O17P2. The summed E-state index contributed by atoms with van der Waals surface area (Å²) in [6.45, 7) is 12.0. The summed E-state index contributed by atoms with van der Waals surface area (Å²) in [6, 6.07) is 0. The Bertz CT molecular complexity index is 2060. The van der Waals surface area contributed by atoms with Crippen LogP contribution in [-0.2, 0) is 65.4 Å². The van der Waals surface area contributed by atoms with Gasteiger partial charge in [0.15, 0.2) is 12.2 Å². The second-order valence-electron chi connectivity index (χ2n) is 33.1. The predicted molar refractivity (Wildman–Crippen MR) is 441 cm³/mol. The quantitative estimate of drug-likeness (QED) is 0.0222. The van der Waals surface area contributed by atoms with Gasteiger partial charge in [0.2, 0.25) is 0 Å². The van der Waals surface area contributed by atoms with E-state index in [2.05, 4.69) is 48.5 Å². The zero-order valence-electron chi connectivity index (χ0n) is 70.6. The first-order valence-corrected chi connectivity index (χ1v) is 48.3. The molecular weight excluding hydrogens is 1390 g/mol. The number of aliphatic hydroxyl groups excluding tert-OH is 1. The monoisotopic (exact) mass is 1560 g/mol. The van der Waals surface area contributed by atoms with Gasteiger partial charge < -0.3 is 33.8 Å². The fraction of sp³-hybridized carbons (Fsp3) is 0.955. The lowest BCUT2D eigenvalue weighted by Gasteiger charge is -2.21. The molecule has 0 rings (SSSR count). The molecule has 0 radical (unpaired) electrons. The van der Waals surface area contributed by atoms with Crippen LogP contribution in [0.15, 0.2) is 0 Å². The summed E-state index contributed by atoms with van der Waals surface area (Å²) < 4.78 is 68.9. The van der Waals surface area contributed by atoms with Crippen molar-refractivity contribution in [3.05, 3.63) is 0 Å². The summed E-state index contributed by atoms with van der Waals surface area (Å²) in [5.74, 6) is 0.268. The third-order valence-electron chi connectivity index (χ3n) is 20.6. The van der Waals surface area contributed by atoms with Gasteiger partial charge in [-0.3, -0.25) is 37.3 Å². The van der Waals surface area contributed by atoms with Gasteiger partial charge in [-0.05, 0) is 43.4 Å². The Kier molecular flexibility index (Phi) is 76.6. The first-order chi connectivity index (χ1) is 51.7. The third-order valence-corrected chi connectivity index (χ3v) is 22.5. The van der Waals surface area contributed by atoms with Crippen molar-refractivity contribution in [2.24, 2.45) is 17.8 Å². The number of phosphoric ester groups is 2. The lowest BCUT2D eigenvalue weighted by molar-refractivity contribution is -0.161. The first kappa shape index (κ1) is 105. The minimum absolute atomic E-state index is 0.107. The van der Waals surface area contributed by atoms with Gasteiger partial charge in [-0.2, -0.15) is 0 Å². The molecule has 0 spiro atoms. The Labute approximate surface area is 658 Å².